The van der Waals surface area contributed by atoms with E-state index >= 15 is 0 Å². The molecule has 0 unspecified atom stereocenters. The first-order valence-corrected chi connectivity index (χ1v) is 7.60. The summed E-state index contributed by atoms with van der Waals surface area (Å²) in [6.45, 7) is 9.75. The van der Waals surface area contributed by atoms with E-state index < -0.39 is 0 Å². The van der Waals surface area contributed by atoms with Gasteiger partial charge in [-0.1, -0.05) is 13.8 Å². The Morgan fingerprint density at radius 1 is 1.22 bits per heavy atom. The zero-order chi connectivity index (χ0) is 13.4. The van der Waals surface area contributed by atoms with Crippen LogP contribution in [0.2, 0.25) is 0 Å². The molecule has 18 heavy (non-hydrogen) atoms. The second-order valence-electron chi connectivity index (χ2n) is 5.67. The van der Waals surface area contributed by atoms with Gasteiger partial charge in [-0.15, -0.1) is 11.3 Å². The van der Waals surface area contributed by atoms with Crippen molar-refractivity contribution in [3.05, 3.63) is 21.9 Å². The van der Waals surface area contributed by atoms with Gasteiger partial charge in [0.05, 0.1) is 6.61 Å². The first-order chi connectivity index (χ1) is 8.53. The van der Waals surface area contributed by atoms with E-state index in [1.165, 1.54) is 29.0 Å². The first-order valence-electron chi connectivity index (χ1n) is 6.78. The van der Waals surface area contributed by atoms with Crippen molar-refractivity contribution in [3.8, 4) is 0 Å². The van der Waals surface area contributed by atoms with Gasteiger partial charge in [-0.2, -0.15) is 0 Å². The molecule has 104 valence electrons. The highest BCUT2D eigenvalue weighted by Gasteiger charge is 2.17. The molecular formula is C15H27NOS. The molecule has 1 rings (SSSR count). The normalized spacial score (nSPS) is 12.0. The van der Waals surface area contributed by atoms with Gasteiger partial charge >= 0.3 is 0 Å². The second kappa shape index (κ2) is 7.93. The van der Waals surface area contributed by atoms with Crippen LogP contribution in [0.25, 0.3) is 0 Å². The number of nitrogens with one attached hydrogen (secondary N) is 1. The van der Waals surface area contributed by atoms with Gasteiger partial charge in [0.1, 0.15) is 0 Å². The Labute approximate surface area is 116 Å². The summed E-state index contributed by atoms with van der Waals surface area (Å²) >= 11 is 1.93. The number of methoxy groups -OCH3 is 1. The molecule has 0 amide bonds. The zero-order valence-electron chi connectivity index (χ0n) is 12.2. The molecule has 1 N–H and O–H groups in total. The minimum atomic E-state index is 0.415. The van der Waals surface area contributed by atoms with E-state index in [9.17, 15) is 0 Å². The maximum Gasteiger partial charge on any atom is 0.0587 e. The van der Waals surface area contributed by atoms with Gasteiger partial charge in [-0.05, 0) is 50.3 Å². The SMILES string of the molecule is COCCNCCC(C)(C)CCc1ccc(C)s1. The lowest BCUT2D eigenvalue weighted by atomic mass is 9.84. The quantitative estimate of drug-likeness (QED) is 0.691. The molecule has 0 fully saturated rings. The summed E-state index contributed by atoms with van der Waals surface area (Å²) in [5, 5.41) is 3.42. The Hall–Kier alpha value is -0.380. The Balaban J connectivity index is 2.18. The number of hydrogen-bond acceptors (Lipinski definition) is 3. The molecule has 0 saturated carbocycles. The maximum atomic E-state index is 5.02. The maximum absolute atomic E-state index is 5.02. The first kappa shape index (κ1) is 15.7. The molecule has 0 radical (unpaired) electrons. The standard InChI is InChI=1S/C15H27NOS/c1-13-5-6-14(18-13)7-8-15(2,3)9-10-16-11-12-17-4/h5-6,16H,7-12H2,1-4H3. The van der Waals surface area contributed by atoms with Crippen LogP contribution < -0.4 is 5.32 Å². The average molecular weight is 269 g/mol. The van der Waals surface area contributed by atoms with E-state index in [1.807, 2.05) is 11.3 Å². The lowest BCUT2D eigenvalue weighted by molar-refractivity contribution is 0.197. The Kier molecular flexibility index (Phi) is 6.90. The molecule has 0 aliphatic rings. The zero-order valence-corrected chi connectivity index (χ0v) is 13.0. The molecular weight excluding hydrogens is 242 g/mol. The fraction of sp³-hybridized carbons (Fsp3) is 0.733. The number of ether oxygens (including phenoxy) is 1. The number of aryl methyl sites for hydroxylation is 2. The topological polar surface area (TPSA) is 21.3 Å². The third-order valence-corrected chi connectivity index (χ3v) is 4.37. The van der Waals surface area contributed by atoms with Crippen LogP contribution in [0.1, 0.15) is 36.4 Å². The number of rotatable bonds is 9. The second-order valence-corrected chi connectivity index (χ2v) is 7.04. The fourth-order valence-corrected chi connectivity index (χ4v) is 2.82. The van der Waals surface area contributed by atoms with Gasteiger partial charge in [0.15, 0.2) is 0 Å². The Morgan fingerprint density at radius 2 is 2.00 bits per heavy atom. The van der Waals surface area contributed by atoms with Crippen molar-refractivity contribution in [3.63, 3.8) is 0 Å². The van der Waals surface area contributed by atoms with Crippen molar-refractivity contribution < 1.29 is 4.74 Å². The Morgan fingerprint density at radius 3 is 2.61 bits per heavy atom. The molecule has 0 saturated heterocycles. The van der Waals surface area contributed by atoms with Crippen LogP contribution in [0.15, 0.2) is 12.1 Å². The highest BCUT2D eigenvalue weighted by molar-refractivity contribution is 7.11. The lowest BCUT2D eigenvalue weighted by Gasteiger charge is -2.24. The molecule has 0 aromatic carbocycles. The van der Waals surface area contributed by atoms with E-state index in [2.05, 4.69) is 38.2 Å². The number of thiophene rings is 1. The average Bonchev–Trinajstić information content (AvgIpc) is 2.73. The highest BCUT2D eigenvalue weighted by atomic mass is 32.1. The third kappa shape index (κ3) is 6.53. The lowest BCUT2D eigenvalue weighted by Crippen LogP contribution is -2.25. The van der Waals surface area contributed by atoms with Crippen molar-refractivity contribution in [1.82, 2.24) is 5.32 Å². The van der Waals surface area contributed by atoms with E-state index in [0.29, 0.717) is 5.41 Å². The monoisotopic (exact) mass is 269 g/mol. The van der Waals surface area contributed by atoms with Crippen molar-refractivity contribution in [2.75, 3.05) is 26.8 Å². The van der Waals surface area contributed by atoms with Crippen molar-refractivity contribution >= 4 is 11.3 Å². The van der Waals surface area contributed by atoms with Gasteiger partial charge in [-0.3, -0.25) is 0 Å². The predicted molar refractivity (Wildman–Crippen MR) is 80.5 cm³/mol. The fourth-order valence-electron chi connectivity index (χ4n) is 1.93. The van der Waals surface area contributed by atoms with Crippen LogP contribution in [0, 0.1) is 12.3 Å². The highest BCUT2D eigenvalue weighted by Crippen LogP contribution is 2.28. The molecule has 2 nitrogen and oxygen atoms in total. The van der Waals surface area contributed by atoms with E-state index in [4.69, 9.17) is 4.74 Å². The van der Waals surface area contributed by atoms with Crippen LogP contribution in [0.4, 0.5) is 0 Å². The van der Waals surface area contributed by atoms with Crippen LogP contribution in [-0.2, 0) is 11.2 Å². The van der Waals surface area contributed by atoms with Gasteiger partial charge in [0.25, 0.3) is 0 Å². The van der Waals surface area contributed by atoms with Crippen LogP contribution in [0.3, 0.4) is 0 Å². The van der Waals surface area contributed by atoms with Crippen LogP contribution >= 0.6 is 11.3 Å². The number of hydrogen-bond donors (Lipinski definition) is 1. The van der Waals surface area contributed by atoms with E-state index in [-0.39, 0.29) is 0 Å². The Bertz CT molecular complexity index is 333. The molecule has 0 bridgehead atoms. The largest absolute Gasteiger partial charge is 0.383 e. The summed E-state index contributed by atoms with van der Waals surface area (Å²) in [6, 6.07) is 4.49. The van der Waals surface area contributed by atoms with Crippen LogP contribution in [-0.4, -0.2) is 26.8 Å². The van der Waals surface area contributed by atoms with Crippen molar-refractivity contribution in [2.24, 2.45) is 5.41 Å². The molecule has 3 heteroatoms. The molecule has 0 atom stereocenters. The molecule has 0 spiro atoms. The summed E-state index contributed by atoms with van der Waals surface area (Å²) < 4.78 is 5.02. The summed E-state index contributed by atoms with van der Waals surface area (Å²) in [5.74, 6) is 0. The smallest absolute Gasteiger partial charge is 0.0587 e. The van der Waals surface area contributed by atoms with Crippen LogP contribution in [0.5, 0.6) is 0 Å². The van der Waals surface area contributed by atoms with E-state index in [0.717, 1.165) is 19.7 Å². The molecule has 1 aromatic heterocycles. The summed E-state index contributed by atoms with van der Waals surface area (Å²) in [5.41, 5.74) is 0.415. The minimum Gasteiger partial charge on any atom is -0.383 e. The van der Waals surface area contributed by atoms with E-state index in [1.54, 1.807) is 7.11 Å². The van der Waals surface area contributed by atoms with Crippen molar-refractivity contribution in [1.29, 1.82) is 0 Å². The molecule has 0 aliphatic carbocycles. The van der Waals surface area contributed by atoms with Gasteiger partial charge in [-0.25, -0.2) is 0 Å². The molecule has 1 heterocycles. The summed E-state index contributed by atoms with van der Waals surface area (Å²) in [6.07, 6.45) is 3.70. The molecule has 1 aromatic rings. The summed E-state index contributed by atoms with van der Waals surface area (Å²) in [4.78, 5) is 2.94. The van der Waals surface area contributed by atoms with Gasteiger partial charge in [0, 0.05) is 23.4 Å². The van der Waals surface area contributed by atoms with Gasteiger partial charge < -0.3 is 10.1 Å². The summed E-state index contributed by atoms with van der Waals surface area (Å²) in [7, 11) is 1.74. The predicted octanol–water partition coefficient (Wildman–Crippen LogP) is 3.64. The minimum absolute atomic E-state index is 0.415. The van der Waals surface area contributed by atoms with Crippen molar-refractivity contribution in [2.45, 2.75) is 40.0 Å². The van der Waals surface area contributed by atoms with Gasteiger partial charge in [0.2, 0.25) is 0 Å². The molecule has 0 aliphatic heterocycles. The third-order valence-electron chi connectivity index (χ3n) is 3.31.